The molecule has 6 heteroatoms. The number of rotatable bonds is 2. The summed E-state index contributed by atoms with van der Waals surface area (Å²) in [4.78, 5) is 14.7. The summed E-state index contributed by atoms with van der Waals surface area (Å²) >= 11 is 11.7. The summed E-state index contributed by atoms with van der Waals surface area (Å²) in [5, 5.41) is 2.00. The van der Waals surface area contributed by atoms with Gasteiger partial charge in [-0.3, -0.25) is 9.69 Å². The second-order valence-electron chi connectivity index (χ2n) is 4.04. The number of anilines is 1. The van der Waals surface area contributed by atoms with E-state index in [2.05, 4.69) is 15.9 Å². The summed E-state index contributed by atoms with van der Waals surface area (Å²) in [6.07, 6.45) is 1.88. The van der Waals surface area contributed by atoms with Crippen LogP contribution in [0, 0.1) is 0 Å². The van der Waals surface area contributed by atoms with E-state index in [0.29, 0.717) is 9.23 Å². The molecule has 0 spiro atoms. The average molecular weight is 382 g/mol. The maximum absolute atomic E-state index is 12.5. The molecular weight excluding hydrogens is 374 g/mol. The second-order valence-corrected chi connectivity index (χ2v) is 8.00. The van der Waals surface area contributed by atoms with Crippen LogP contribution in [0.5, 0.6) is 0 Å². The van der Waals surface area contributed by atoms with Crippen molar-refractivity contribution < 1.29 is 4.79 Å². The summed E-state index contributed by atoms with van der Waals surface area (Å²) in [5.41, 5.74) is 1.82. The van der Waals surface area contributed by atoms with Gasteiger partial charge in [-0.2, -0.15) is 0 Å². The van der Waals surface area contributed by atoms with Gasteiger partial charge in [-0.05, 0) is 51.1 Å². The molecule has 2 nitrogen and oxygen atoms in total. The molecule has 1 aromatic carbocycles. The summed E-state index contributed by atoms with van der Waals surface area (Å²) in [7, 11) is 0. The molecule has 2 heterocycles. The Morgan fingerprint density at radius 3 is 2.65 bits per heavy atom. The Bertz CT molecular complexity index is 708. The fourth-order valence-corrected chi connectivity index (χ4v) is 4.25. The molecule has 1 fully saturated rings. The lowest BCUT2D eigenvalue weighted by atomic mass is 10.2. The van der Waals surface area contributed by atoms with Crippen LogP contribution in [0.2, 0.25) is 0 Å². The number of nitrogens with zero attached hydrogens (tertiary/aromatic N) is 1. The van der Waals surface area contributed by atoms with Gasteiger partial charge in [0, 0.05) is 0 Å². The number of carbonyl (C=O) groups is 1. The van der Waals surface area contributed by atoms with Crippen LogP contribution in [-0.2, 0) is 4.79 Å². The zero-order valence-corrected chi connectivity index (χ0v) is 14.1. The number of thiocarbonyl (C=S) groups is 1. The van der Waals surface area contributed by atoms with E-state index in [4.69, 9.17) is 12.2 Å². The minimum absolute atomic E-state index is 0.0616. The van der Waals surface area contributed by atoms with Crippen LogP contribution in [-0.4, -0.2) is 10.2 Å². The second kappa shape index (κ2) is 5.81. The van der Waals surface area contributed by atoms with Crippen molar-refractivity contribution in [2.45, 2.75) is 0 Å². The first kappa shape index (κ1) is 14.0. The maximum atomic E-state index is 12.5. The normalized spacial score (nSPS) is 17.2. The molecule has 3 rings (SSSR count). The van der Waals surface area contributed by atoms with E-state index in [1.807, 2.05) is 47.9 Å². The van der Waals surface area contributed by atoms with Gasteiger partial charge in [-0.1, -0.05) is 42.2 Å². The van der Waals surface area contributed by atoms with E-state index in [-0.39, 0.29) is 5.91 Å². The Morgan fingerprint density at radius 1 is 1.25 bits per heavy atom. The topological polar surface area (TPSA) is 20.3 Å². The van der Waals surface area contributed by atoms with Gasteiger partial charge in [0.05, 0.1) is 14.4 Å². The van der Waals surface area contributed by atoms with Gasteiger partial charge >= 0.3 is 0 Å². The van der Waals surface area contributed by atoms with Gasteiger partial charge in [0.1, 0.15) is 0 Å². The van der Waals surface area contributed by atoms with Gasteiger partial charge in [0.25, 0.3) is 5.91 Å². The molecule has 20 heavy (non-hydrogen) atoms. The third-order valence-electron chi connectivity index (χ3n) is 2.69. The fraction of sp³-hybridized carbons (Fsp3) is 0. The maximum Gasteiger partial charge on any atom is 0.270 e. The van der Waals surface area contributed by atoms with Crippen molar-refractivity contribution in [3.05, 3.63) is 56.0 Å². The number of carbonyl (C=O) groups excluding carboxylic acids is 1. The van der Waals surface area contributed by atoms with E-state index in [9.17, 15) is 4.79 Å². The van der Waals surface area contributed by atoms with Gasteiger partial charge in [0.2, 0.25) is 0 Å². The average Bonchev–Trinajstić information content (AvgIpc) is 2.96. The van der Waals surface area contributed by atoms with Crippen LogP contribution in [0.1, 0.15) is 5.56 Å². The van der Waals surface area contributed by atoms with Crippen LogP contribution in [0.4, 0.5) is 5.69 Å². The SMILES string of the molecule is O=C1/C(=C/c2csc(Br)c2)SC(=S)N1c1ccccc1. The zero-order chi connectivity index (χ0) is 14.1. The summed E-state index contributed by atoms with van der Waals surface area (Å²) < 4.78 is 1.61. The van der Waals surface area contributed by atoms with E-state index < -0.39 is 0 Å². The zero-order valence-electron chi connectivity index (χ0n) is 10.1. The van der Waals surface area contributed by atoms with Gasteiger partial charge < -0.3 is 0 Å². The molecule has 0 saturated carbocycles. The molecule has 0 radical (unpaired) electrons. The van der Waals surface area contributed by atoms with Crippen molar-refractivity contribution in [3.8, 4) is 0 Å². The highest BCUT2D eigenvalue weighted by Gasteiger charge is 2.33. The third kappa shape index (κ3) is 2.74. The number of para-hydroxylation sites is 1. The molecule has 0 atom stereocenters. The van der Waals surface area contributed by atoms with Crippen molar-refractivity contribution in [2.24, 2.45) is 0 Å². The Kier molecular flexibility index (Phi) is 4.07. The van der Waals surface area contributed by atoms with Gasteiger partial charge in [-0.25, -0.2) is 0 Å². The van der Waals surface area contributed by atoms with Crippen LogP contribution < -0.4 is 4.90 Å². The van der Waals surface area contributed by atoms with Crippen molar-refractivity contribution in [1.29, 1.82) is 0 Å². The van der Waals surface area contributed by atoms with Gasteiger partial charge in [0.15, 0.2) is 4.32 Å². The molecule has 1 amide bonds. The number of thioether (sulfide) groups is 1. The first-order valence-corrected chi connectivity index (χ1v) is 8.62. The number of hydrogen-bond acceptors (Lipinski definition) is 4. The van der Waals surface area contributed by atoms with Crippen LogP contribution in [0.25, 0.3) is 6.08 Å². The lowest BCUT2D eigenvalue weighted by molar-refractivity contribution is -0.113. The van der Waals surface area contributed by atoms with Crippen molar-refractivity contribution in [2.75, 3.05) is 4.90 Å². The Morgan fingerprint density at radius 2 is 2.00 bits per heavy atom. The number of benzene rings is 1. The first-order valence-electron chi connectivity index (χ1n) is 5.72. The largest absolute Gasteiger partial charge is 0.270 e. The van der Waals surface area contributed by atoms with Crippen molar-refractivity contribution in [3.63, 3.8) is 0 Å². The van der Waals surface area contributed by atoms with Gasteiger partial charge in [-0.15, -0.1) is 11.3 Å². The number of amides is 1. The predicted molar refractivity (Wildman–Crippen MR) is 94.1 cm³/mol. The highest BCUT2D eigenvalue weighted by atomic mass is 79.9. The minimum Gasteiger partial charge on any atom is -0.268 e. The lowest BCUT2D eigenvalue weighted by Crippen LogP contribution is -2.27. The number of thiophene rings is 1. The monoisotopic (exact) mass is 381 g/mol. The van der Waals surface area contributed by atoms with Crippen molar-refractivity contribution >= 4 is 73.2 Å². The molecule has 0 aliphatic carbocycles. The molecule has 1 aromatic heterocycles. The molecule has 1 saturated heterocycles. The highest BCUT2D eigenvalue weighted by molar-refractivity contribution is 9.11. The minimum atomic E-state index is -0.0616. The first-order chi connectivity index (χ1) is 9.65. The molecular formula is C14H8BrNOS3. The van der Waals surface area contributed by atoms with Crippen molar-refractivity contribution in [1.82, 2.24) is 0 Å². The molecule has 0 bridgehead atoms. The van der Waals surface area contributed by atoms with E-state index in [1.54, 1.807) is 16.2 Å². The molecule has 100 valence electrons. The third-order valence-corrected chi connectivity index (χ3v) is 5.52. The molecule has 1 aliphatic rings. The van der Waals surface area contributed by atoms with E-state index in [0.717, 1.165) is 15.0 Å². The standard InChI is InChI=1S/C14H8BrNOS3/c15-12-7-9(8-19-12)6-11-13(17)16(14(18)20-11)10-4-2-1-3-5-10/h1-8H/b11-6-. The highest BCUT2D eigenvalue weighted by Crippen LogP contribution is 2.36. The smallest absolute Gasteiger partial charge is 0.268 e. The predicted octanol–water partition coefficient (Wildman–Crippen LogP) is 4.92. The summed E-state index contributed by atoms with van der Waals surface area (Å²) in [5.74, 6) is -0.0616. The number of hydrogen-bond donors (Lipinski definition) is 0. The van der Waals surface area contributed by atoms with E-state index >= 15 is 0 Å². The fourth-order valence-electron chi connectivity index (χ4n) is 1.82. The van der Waals surface area contributed by atoms with E-state index in [1.165, 1.54) is 11.8 Å². The number of halogens is 1. The molecule has 1 aliphatic heterocycles. The van der Waals surface area contributed by atoms with Crippen LogP contribution >= 0.6 is 51.2 Å². The van der Waals surface area contributed by atoms with Crippen LogP contribution in [0.15, 0.2) is 50.5 Å². The molecule has 0 unspecified atom stereocenters. The molecule has 2 aromatic rings. The Hall–Kier alpha value is -0.950. The Balaban J connectivity index is 1.93. The summed E-state index contributed by atoms with van der Waals surface area (Å²) in [6, 6.07) is 11.5. The Labute approximate surface area is 138 Å². The molecule has 0 N–H and O–H groups in total. The summed E-state index contributed by atoms with van der Waals surface area (Å²) in [6.45, 7) is 0. The lowest BCUT2D eigenvalue weighted by Gasteiger charge is -2.13. The van der Waals surface area contributed by atoms with Crippen LogP contribution in [0.3, 0.4) is 0 Å². The quantitative estimate of drug-likeness (QED) is 0.543.